The number of halogens is 1. The molecule has 1 aliphatic rings. The van der Waals surface area contributed by atoms with Gasteiger partial charge in [0, 0.05) is 0 Å². The van der Waals surface area contributed by atoms with Gasteiger partial charge in [-0.15, -0.1) is 0 Å². The molecule has 1 heterocycles. The van der Waals surface area contributed by atoms with Crippen molar-refractivity contribution in [3.63, 3.8) is 0 Å². The zero-order valence-electron chi connectivity index (χ0n) is 11.5. The number of ether oxygens (including phenoxy) is 3. The molecular weight excluding hydrogens is 246 g/mol. The van der Waals surface area contributed by atoms with Crippen LogP contribution in [-0.2, 0) is 9.47 Å². The minimum atomic E-state index is -0.604. The Hall–Kier alpha value is -1.33. The summed E-state index contributed by atoms with van der Waals surface area (Å²) in [4.78, 5) is 0. The Labute approximate surface area is 113 Å². The molecule has 5 heteroatoms. The van der Waals surface area contributed by atoms with E-state index in [4.69, 9.17) is 14.2 Å². The van der Waals surface area contributed by atoms with Crippen molar-refractivity contribution >= 4 is 13.3 Å². The van der Waals surface area contributed by atoms with Crippen molar-refractivity contribution in [2.45, 2.75) is 31.8 Å². The lowest BCUT2D eigenvalue weighted by Gasteiger charge is -2.23. The van der Waals surface area contributed by atoms with Crippen LogP contribution in [0, 0.1) is 5.82 Å². The first kappa shape index (κ1) is 14.1. The van der Waals surface area contributed by atoms with Gasteiger partial charge in [0.1, 0.15) is 31.6 Å². The Balaban J connectivity index is 2.09. The van der Waals surface area contributed by atoms with Gasteiger partial charge in [-0.1, -0.05) is 6.58 Å². The standard InChI is InChI=1S/C14H18BFO3/c1-4-11(13-8-17-14(2,3)19-13)18-12-6-5-9(16)7-10(12)15/h4-7,11,13H,1,8,15H2,2-3H3/t11?,13-/m0/s1. The van der Waals surface area contributed by atoms with E-state index in [-0.39, 0.29) is 18.0 Å². The van der Waals surface area contributed by atoms with Crippen LogP contribution in [0.25, 0.3) is 0 Å². The Bertz CT molecular complexity index is 476. The Morgan fingerprint density at radius 3 is 2.84 bits per heavy atom. The van der Waals surface area contributed by atoms with Crippen molar-refractivity contribution in [1.29, 1.82) is 0 Å². The average Bonchev–Trinajstić information content (AvgIpc) is 2.69. The zero-order chi connectivity index (χ0) is 14.0. The van der Waals surface area contributed by atoms with Crippen LogP contribution >= 0.6 is 0 Å². The first-order valence-corrected chi connectivity index (χ1v) is 6.28. The van der Waals surface area contributed by atoms with Gasteiger partial charge in [-0.3, -0.25) is 0 Å². The molecule has 2 atom stereocenters. The summed E-state index contributed by atoms with van der Waals surface area (Å²) in [6, 6.07) is 4.42. The third kappa shape index (κ3) is 3.36. The van der Waals surface area contributed by atoms with Crippen LogP contribution < -0.4 is 10.2 Å². The second kappa shape index (κ2) is 5.35. The van der Waals surface area contributed by atoms with Gasteiger partial charge in [-0.05, 0) is 43.6 Å². The van der Waals surface area contributed by atoms with Gasteiger partial charge >= 0.3 is 0 Å². The molecule has 0 aromatic heterocycles. The lowest BCUT2D eigenvalue weighted by molar-refractivity contribution is -0.145. The fourth-order valence-corrected chi connectivity index (χ4v) is 2.04. The van der Waals surface area contributed by atoms with Gasteiger partial charge in [-0.2, -0.15) is 0 Å². The highest BCUT2D eigenvalue weighted by Crippen LogP contribution is 2.26. The molecule has 1 aliphatic heterocycles. The third-order valence-corrected chi connectivity index (χ3v) is 3.03. The second-order valence-electron chi connectivity index (χ2n) is 5.10. The Morgan fingerprint density at radius 2 is 2.32 bits per heavy atom. The fraction of sp³-hybridized carbons (Fsp3) is 0.429. The lowest BCUT2D eigenvalue weighted by Crippen LogP contribution is -2.34. The van der Waals surface area contributed by atoms with Crippen molar-refractivity contribution in [2.75, 3.05) is 6.61 Å². The van der Waals surface area contributed by atoms with Gasteiger partial charge in [0.05, 0.1) is 6.61 Å². The summed E-state index contributed by atoms with van der Waals surface area (Å²) in [5.41, 5.74) is 0.741. The molecule has 0 bridgehead atoms. The normalized spacial score (nSPS) is 23.0. The van der Waals surface area contributed by atoms with E-state index in [1.807, 2.05) is 13.8 Å². The monoisotopic (exact) mass is 264 g/mol. The van der Waals surface area contributed by atoms with E-state index < -0.39 is 5.79 Å². The van der Waals surface area contributed by atoms with E-state index in [0.29, 0.717) is 12.4 Å². The summed E-state index contributed by atoms with van der Waals surface area (Å²) in [5, 5.41) is 0. The quantitative estimate of drug-likeness (QED) is 0.603. The van der Waals surface area contributed by atoms with Crippen molar-refractivity contribution in [1.82, 2.24) is 0 Å². The summed E-state index contributed by atoms with van der Waals surface area (Å²) in [6.07, 6.45) is 1.14. The Morgan fingerprint density at radius 1 is 1.58 bits per heavy atom. The summed E-state index contributed by atoms with van der Waals surface area (Å²) < 4.78 is 30.1. The summed E-state index contributed by atoms with van der Waals surface area (Å²) in [7, 11) is 1.80. The van der Waals surface area contributed by atoms with E-state index in [1.54, 1.807) is 20.0 Å². The molecular formula is C14H18BFO3. The number of hydrogen-bond donors (Lipinski definition) is 0. The van der Waals surface area contributed by atoms with Crippen LogP contribution in [-0.4, -0.2) is 32.4 Å². The van der Waals surface area contributed by atoms with Gasteiger partial charge < -0.3 is 14.2 Å². The molecule has 1 saturated heterocycles. The summed E-state index contributed by atoms with van der Waals surface area (Å²) >= 11 is 0. The van der Waals surface area contributed by atoms with Crippen molar-refractivity contribution in [3.05, 3.63) is 36.7 Å². The first-order valence-electron chi connectivity index (χ1n) is 6.28. The van der Waals surface area contributed by atoms with Crippen LogP contribution in [0.4, 0.5) is 4.39 Å². The fourth-order valence-electron chi connectivity index (χ4n) is 2.04. The van der Waals surface area contributed by atoms with Crippen LogP contribution in [0.5, 0.6) is 5.75 Å². The molecule has 1 aromatic carbocycles. The average molecular weight is 264 g/mol. The largest absolute Gasteiger partial charge is 0.484 e. The number of hydrogen-bond acceptors (Lipinski definition) is 3. The molecule has 19 heavy (non-hydrogen) atoms. The van der Waals surface area contributed by atoms with Crippen LogP contribution in [0.15, 0.2) is 30.9 Å². The van der Waals surface area contributed by atoms with Gasteiger partial charge in [0.2, 0.25) is 0 Å². The molecule has 2 rings (SSSR count). The third-order valence-electron chi connectivity index (χ3n) is 3.03. The molecule has 0 saturated carbocycles. The maximum atomic E-state index is 13.0. The topological polar surface area (TPSA) is 27.7 Å². The van der Waals surface area contributed by atoms with Crippen molar-refractivity contribution in [2.24, 2.45) is 0 Å². The molecule has 1 fully saturated rings. The zero-order valence-corrected chi connectivity index (χ0v) is 11.5. The Kier molecular flexibility index (Phi) is 3.97. The minimum Gasteiger partial charge on any atom is -0.484 e. The second-order valence-corrected chi connectivity index (χ2v) is 5.10. The first-order chi connectivity index (χ1) is 8.91. The van der Waals surface area contributed by atoms with Crippen LogP contribution in [0.1, 0.15) is 13.8 Å². The molecule has 0 amide bonds. The van der Waals surface area contributed by atoms with Gasteiger partial charge in [0.25, 0.3) is 0 Å². The van der Waals surface area contributed by atoms with E-state index in [9.17, 15) is 4.39 Å². The van der Waals surface area contributed by atoms with Crippen LogP contribution in [0.2, 0.25) is 0 Å². The maximum Gasteiger partial charge on any atom is 0.163 e. The van der Waals surface area contributed by atoms with E-state index in [1.165, 1.54) is 12.1 Å². The number of benzene rings is 1. The highest BCUT2D eigenvalue weighted by molar-refractivity contribution is 6.34. The molecule has 0 spiro atoms. The summed E-state index contributed by atoms with van der Waals surface area (Å²) in [6.45, 7) is 7.93. The predicted molar refractivity (Wildman–Crippen MR) is 74.1 cm³/mol. The molecule has 0 aliphatic carbocycles. The smallest absolute Gasteiger partial charge is 0.163 e. The molecule has 102 valence electrons. The molecule has 1 aromatic rings. The van der Waals surface area contributed by atoms with Crippen LogP contribution in [0.3, 0.4) is 0 Å². The maximum absolute atomic E-state index is 13.0. The molecule has 1 unspecified atom stereocenters. The minimum absolute atomic E-state index is 0.211. The van der Waals surface area contributed by atoms with Crippen molar-refractivity contribution < 1.29 is 18.6 Å². The molecule has 3 nitrogen and oxygen atoms in total. The molecule has 0 N–H and O–H groups in total. The predicted octanol–water partition coefficient (Wildman–Crippen LogP) is 1.17. The van der Waals surface area contributed by atoms with Crippen molar-refractivity contribution in [3.8, 4) is 5.75 Å². The number of rotatable bonds is 4. The SMILES string of the molecule is Bc1cc(F)ccc1OC(C=C)[C@@H]1COC(C)(C)O1. The molecule has 0 radical (unpaired) electrons. The van der Waals surface area contributed by atoms with E-state index in [0.717, 1.165) is 5.46 Å². The van der Waals surface area contributed by atoms with E-state index in [2.05, 4.69) is 6.58 Å². The highest BCUT2D eigenvalue weighted by atomic mass is 19.1. The van der Waals surface area contributed by atoms with Gasteiger partial charge in [0.15, 0.2) is 5.79 Å². The highest BCUT2D eigenvalue weighted by Gasteiger charge is 2.37. The van der Waals surface area contributed by atoms with E-state index >= 15 is 0 Å². The lowest BCUT2D eigenvalue weighted by atomic mass is 9.95. The van der Waals surface area contributed by atoms with Gasteiger partial charge in [-0.25, -0.2) is 4.39 Å². The summed E-state index contributed by atoms with van der Waals surface area (Å²) in [5.74, 6) is -0.256.